The molecule has 0 spiro atoms. The van der Waals surface area contributed by atoms with Gasteiger partial charge in [-0.05, 0) is 18.2 Å². The number of aryl methyl sites for hydroxylation is 2. The Morgan fingerprint density at radius 2 is 1.81 bits per heavy atom. The molecule has 1 heterocycles. The molecule has 0 atom stereocenters. The molecule has 6 nitrogen and oxygen atoms in total. The summed E-state index contributed by atoms with van der Waals surface area (Å²) in [7, 11) is 3.44. The number of aliphatic imine (C=N–C) groups is 1. The summed E-state index contributed by atoms with van der Waals surface area (Å²) in [5.74, 6) is 0.000260. The summed E-state index contributed by atoms with van der Waals surface area (Å²) >= 11 is 0. The van der Waals surface area contributed by atoms with Gasteiger partial charge in [-0.2, -0.15) is 0 Å². The van der Waals surface area contributed by atoms with Crippen LogP contribution in [0, 0.1) is 0 Å². The van der Waals surface area contributed by atoms with Crippen molar-refractivity contribution in [2.75, 3.05) is 0 Å². The maximum absolute atomic E-state index is 11.7. The number of guanidine groups is 1. The number of aromatic nitrogens is 2. The highest BCUT2D eigenvalue weighted by Crippen LogP contribution is 2.19. The van der Waals surface area contributed by atoms with Crippen LogP contribution in [0.1, 0.15) is 0 Å². The van der Waals surface area contributed by atoms with Crippen LogP contribution in [0.15, 0.2) is 28.0 Å². The lowest BCUT2D eigenvalue weighted by molar-refractivity contribution is 0.795. The van der Waals surface area contributed by atoms with Gasteiger partial charge < -0.3 is 11.5 Å². The first-order valence-corrected chi connectivity index (χ1v) is 4.76. The number of imidazole rings is 1. The molecule has 0 saturated heterocycles. The van der Waals surface area contributed by atoms with Gasteiger partial charge in [0.2, 0.25) is 0 Å². The van der Waals surface area contributed by atoms with Crippen LogP contribution in [0.5, 0.6) is 0 Å². The lowest BCUT2D eigenvalue weighted by Gasteiger charge is -1.97. The second kappa shape index (κ2) is 3.41. The van der Waals surface area contributed by atoms with Crippen LogP contribution < -0.4 is 17.2 Å². The molecule has 16 heavy (non-hydrogen) atoms. The smallest absolute Gasteiger partial charge is 0.328 e. The van der Waals surface area contributed by atoms with Crippen molar-refractivity contribution in [1.29, 1.82) is 0 Å². The Kier molecular flexibility index (Phi) is 2.19. The van der Waals surface area contributed by atoms with E-state index in [4.69, 9.17) is 11.5 Å². The SMILES string of the molecule is Cn1c(=O)n(C)c2cc(N=C(N)N)ccc21. The Morgan fingerprint density at radius 1 is 1.19 bits per heavy atom. The number of fused-ring (bicyclic) bond motifs is 1. The maximum atomic E-state index is 11.7. The van der Waals surface area contributed by atoms with Crippen LogP contribution in [0.4, 0.5) is 5.69 Å². The zero-order chi connectivity index (χ0) is 11.9. The number of nitrogens with zero attached hydrogens (tertiary/aromatic N) is 3. The molecule has 6 heteroatoms. The molecule has 0 aliphatic heterocycles. The molecule has 4 N–H and O–H groups in total. The summed E-state index contributed by atoms with van der Waals surface area (Å²) in [5, 5.41) is 0. The van der Waals surface area contributed by atoms with E-state index in [9.17, 15) is 4.79 Å². The predicted octanol–water partition coefficient (Wildman–Crippen LogP) is -0.218. The highest BCUT2D eigenvalue weighted by atomic mass is 16.1. The Morgan fingerprint density at radius 3 is 2.44 bits per heavy atom. The monoisotopic (exact) mass is 219 g/mol. The van der Waals surface area contributed by atoms with E-state index in [0.29, 0.717) is 5.69 Å². The molecule has 1 aromatic heterocycles. The second-order valence-electron chi connectivity index (χ2n) is 3.61. The van der Waals surface area contributed by atoms with Crippen molar-refractivity contribution >= 4 is 22.7 Å². The third-order valence-electron chi connectivity index (χ3n) is 2.51. The van der Waals surface area contributed by atoms with E-state index in [2.05, 4.69) is 4.99 Å². The quantitative estimate of drug-likeness (QED) is 0.513. The van der Waals surface area contributed by atoms with E-state index in [1.807, 2.05) is 6.07 Å². The van der Waals surface area contributed by atoms with Gasteiger partial charge >= 0.3 is 5.69 Å². The van der Waals surface area contributed by atoms with Gasteiger partial charge in [0.1, 0.15) is 0 Å². The van der Waals surface area contributed by atoms with Gasteiger partial charge in [0.25, 0.3) is 0 Å². The molecule has 0 amide bonds. The summed E-state index contributed by atoms with van der Waals surface area (Å²) in [4.78, 5) is 15.6. The molecular weight excluding hydrogens is 206 g/mol. The Bertz CT molecular complexity index is 630. The minimum atomic E-state index is -0.0724. The van der Waals surface area contributed by atoms with E-state index in [1.165, 1.54) is 0 Å². The average Bonchev–Trinajstić information content (AvgIpc) is 2.43. The molecule has 0 bridgehead atoms. The molecule has 0 aliphatic rings. The van der Waals surface area contributed by atoms with Crippen molar-refractivity contribution in [1.82, 2.24) is 9.13 Å². The van der Waals surface area contributed by atoms with Crippen molar-refractivity contribution in [3.8, 4) is 0 Å². The molecule has 2 rings (SSSR count). The fourth-order valence-electron chi connectivity index (χ4n) is 1.71. The molecule has 84 valence electrons. The number of hydrogen-bond acceptors (Lipinski definition) is 2. The van der Waals surface area contributed by atoms with Crippen LogP contribution in [0.3, 0.4) is 0 Å². The molecule has 0 aliphatic carbocycles. The van der Waals surface area contributed by atoms with E-state index in [1.54, 1.807) is 35.4 Å². The first-order valence-electron chi connectivity index (χ1n) is 4.76. The Hall–Kier alpha value is -2.24. The van der Waals surface area contributed by atoms with Crippen LogP contribution in [0.2, 0.25) is 0 Å². The van der Waals surface area contributed by atoms with E-state index in [-0.39, 0.29) is 11.6 Å². The number of nitrogens with two attached hydrogens (primary N) is 2. The summed E-state index contributed by atoms with van der Waals surface area (Å²) in [6, 6.07) is 5.36. The highest BCUT2D eigenvalue weighted by molar-refractivity contribution is 5.83. The van der Waals surface area contributed by atoms with Crippen molar-refractivity contribution < 1.29 is 0 Å². The third-order valence-corrected chi connectivity index (χ3v) is 2.51. The summed E-state index contributed by atoms with van der Waals surface area (Å²) in [6.07, 6.45) is 0. The summed E-state index contributed by atoms with van der Waals surface area (Å²) < 4.78 is 3.13. The fourth-order valence-corrected chi connectivity index (χ4v) is 1.71. The zero-order valence-corrected chi connectivity index (χ0v) is 9.14. The minimum Gasteiger partial charge on any atom is -0.370 e. The first kappa shape index (κ1) is 10.3. The van der Waals surface area contributed by atoms with Crippen LogP contribution in [0.25, 0.3) is 11.0 Å². The van der Waals surface area contributed by atoms with E-state index >= 15 is 0 Å². The van der Waals surface area contributed by atoms with Crippen LogP contribution in [-0.4, -0.2) is 15.1 Å². The number of benzene rings is 1. The fraction of sp³-hybridized carbons (Fsp3) is 0.200. The van der Waals surface area contributed by atoms with Gasteiger partial charge in [0.05, 0.1) is 16.7 Å². The third kappa shape index (κ3) is 1.44. The summed E-state index contributed by atoms with van der Waals surface area (Å²) in [6.45, 7) is 0. The van der Waals surface area contributed by atoms with Crippen molar-refractivity contribution in [2.24, 2.45) is 30.6 Å². The van der Waals surface area contributed by atoms with Crippen molar-refractivity contribution in [3.63, 3.8) is 0 Å². The standard InChI is InChI=1S/C10H13N5O/c1-14-7-4-3-6(13-9(11)12)5-8(7)15(2)10(14)16/h3-5H,1-2H3,(H4,11,12,13). The van der Waals surface area contributed by atoms with Gasteiger partial charge in [-0.15, -0.1) is 0 Å². The van der Waals surface area contributed by atoms with Crippen LogP contribution >= 0.6 is 0 Å². The second-order valence-corrected chi connectivity index (χ2v) is 3.61. The lowest BCUT2D eigenvalue weighted by Crippen LogP contribution is -2.21. The van der Waals surface area contributed by atoms with Gasteiger partial charge in [-0.1, -0.05) is 0 Å². The topological polar surface area (TPSA) is 91.3 Å². The van der Waals surface area contributed by atoms with Gasteiger partial charge in [0.15, 0.2) is 5.96 Å². The Labute approximate surface area is 91.8 Å². The average molecular weight is 219 g/mol. The van der Waals surface area contributed by atoms with Gasteiger partial charge in [-0.3, -0.25) is 9.13 Å². The number of rotatable bonds is 1. The molecular formula is C10H13N5O. The van der Waals surface area contributed by atoms with Gasteiger partial charge in [-0.25, -0.2) is 9.79 Å². The van der Waals surface area contributed by atoms with Gasteiger partial charge in [0, 0.05) is 14.1 Å². The van der Waals surface area contributed by atoms with E-state index < -0.39 is 0 Å². The normalized spacial score (nSPS) is 10.6. The van der Waals surface area contributed by atoms with Crippen molar-refractivity contribution in [3.05, 3.63) is 28.7 Å². The predicted molar refractivity (Wildman–Crippen MR) is 63.6 cm³/mol. The zero-order valence-electron chi connectivity index (χ0n) is 9.14. The minimum absolute atomic E-state index is 0.000260. The molecule has 0 radical (unpaired) electrons. The largest absolute Gasteiger partial charge is 0.370 e. The lowest BCUT2D eigenvalue weighted by atomic mass is 10.3. The molecule has 2 aromatic rings. The van der Waals surface area contributed by atoms with Crippen LogP contribution in [-0.2, 0) is 14.1 Å². The molecule has 0 fully saturated rings. The van der Waals surface area contributed by atoms with Crippen molar-refractivity contribution in [2.45, 2.75) is 0 Å². The summed E-state index contributed by atoms with van der Waals surface area (Å²) in [5.41, 5.74) is 12.8. The first-order chi connectivity index (χ1) is 7.50. The highest BCUT2D eigenvalue weighted by Gasteiger charge is 2.07. The molecule has 0 unspecified atom stereocenters. The van der Waals surface area contributed by atoms with E-state index in [0.717, 1.165) is 11.0 Å². The Balaban J connectivity index is 2.77. The molecule has 0 saturated carbocycles. The molecule has 1 aromatic carbocycles. The number of hydrogen-bond donors (Lipinski definition) is 2. The maximum Gasteiger partial charge on any atom is 0.328 e.